The van der Waals surface area contributed by atoms with Crippen molar-refractivity contribution in [3.8, 4) is 0 Å². The molecule has 1 heterocycles. The zero-order valence-electron chi connectivity index (χ0n) is 7.99. The van der Waals surface area contributed by atoms with Gasteiger partial charge in [0.05, 0.1) is 13.2 Å². The van der Waals surface area contributed by atoms with Gasteiger partial charge in [-0.3, -0.25) is 0 Å². The monoisotopic (exact) mass is 184 g/mol. The van der Waals surface area contributed by atoms with Crippen LogP contribution in [0.5, 0.6) is 0 Å². The molecule has 0 aliphatic carbocycles. The summed E-state index contributed by atoms with van der Waals surface area (Å²) in [6.07, 6.45) is 5.58. The van der Waals surface area contributed by atoms with Gasteiger partial charge in [-0.2, -0.15) is 0 Å². The normalized spacial score (nSPS) is 23.3. The molecule has 0 N–H and O–H groups in total. The lowest BCUT2D eigenvalue weighted by Gasteiger charge is -2.18. The molecule has 3 heteroatoms. The number of carbonyl (C=O) groups is 1. The second-order valence-electron chi connectivity index (χ2n) is 3.09. The van der Waals surface area contributed by atoms with E-state index in [0.717, 1.165) is 26.1 Å². The Bertz CT molecular complexity index is 181. The zero-order chi connectivity index (χ0) is 9.52. The fraction of sp³-hybridized carbons (Fsp3) is 0.700. The van der Waals surface area contributed by atoms with E-state index in [1.54, 1.807) is 6.92 Å². The van der Waals surface area contributed by atoms with Crippen molar-refractivity contribution in [1.82, 2.24) is 0 Å². The highest BCUT2D eigenvalue weighted by Gasteiger charge is 2.10. The lowest BCUT2D eigenvalue weighted by molar-refractivity contribution is -0.137. The van der Waals surface area contributed by atoms with Gasteiger partial charge in [0, 0.05) is 18.6 Å². The third-order valence-electron chi connectivity index (χ3n) is 1.99. The molecule has 0 radical (unpaired) electrons. The molecular formula is C10H16O3. The number of hydrogen-bond acceptors (Lipinski definition) is 3. The van der Waals surface area contributed by atoms with Crippen LogP contribution in [0.1, 0.15) is 19.8 Å². The molecule has 1 rings (SSSR count). The maximum absolute atomic E-state index is 10.9. The summed E-state index contributed by atoms with van der Waals surface area (Å²) < 4.78 is 10.0. The standard InChI is InChI=1S/C10H16O3/c1-2-13-10(11)6-5-9-4-3-7-12-8-9/h5-6,9H,2-4,7-8H2,1H3/t9-/m0/s1. The van der Waals surface area contributed by atoms with Crippen molar-refractivity contribution in [1.29, 1.82) is 0 Å². The van der Waals surface area contributed by atoms with Crippen LogP contribution >= 0.6 is 0 Å². The van der Waals surface area contributed by atoms with Crippen molar-refractivity contribution in [2.45, 2.75) is 19.8 Å². The number of hydrogen-bond donors (Lipinski definition) is 0. The fourth-order valence-corrected chi connectivity index (χ4v) is 1.32. The van der Waals surface area contributed by atoms with E-state index in [4.69, 9.17) is 9.47 Å². The summed E-state index contributed by atoms with van der Waals surface area (Å²) in [5.41, 5.74) is 0. The minimum absolute atomic E-state index is 0.256. The summed E-state index contributed by atoms with van der Waals surface area (Å²) in [7, 11) is 0. The van der Waals surface area contributed by atoms with Crippen LogP contribution in [0.15, 0.2) is 12.2 Å². The second kappa shape index (κ2) is 5.75. The molecule has 74 valence electrons. The average Bonchev–Trinajstić information content (AvgIpc) is 2.17. The van der Waals surface area contributed by atoms with Gasteiger partial charge in [-0.25, -0.2) is 4.79 Å². The van der Waals surface area contributed by atoms with E-state index in [-0.39, 0.29) is 5.97 Å². The van der Waals surface area contributed by atoms with Crippen LogP contribution in [0.2, 0.25) is 0 Å². The smallest absolute Gasteiger partial charge is 0.330 e. The second-order valence-corrected chi connectivity index (χ2v) is 3.09. The fourth-order valence-electron chi connectivity index (χ4n) is 1.32. The number of ether oxygens (including phenoxy) is 2. The summed E-state index contributed by atoms with van der Waals surface area (Å²) >= 11 is 0. The summed E-state index contributed by atoms with van der Waals surface area (Å²) in [4.78, 5) is 10.9. The highest BCUT2D eigenvalue weighted by molar-refractivity contribution is 5.81. The van der Waals surface area contributed by atoms with E-state index in [2.05, 4.69) is 0 Å². The minimum Gasteiger partial charge on any atom is -0.463 e. The Hall–Kier alpha value is -0.830. The third kappa shape index (κ3) is 4.08. The largest absolute Gasteiger partial charge is 0.463 e. The summed E-state index contributed by atoms with van der Waals surface area (Å²) in [5, 5.41) is 0. The molecule has 1 saturated heterocycles. The molecule has 0 aromatic carbocycles. The van der Waals surface area contributed by atoms with Gasteiger partial charge in [0.2, 0.25) is 0 Å². The van der Waals surface area contributed by atoms with Crippen LogP contribution in [-0.4, -0.2) is 25.8 Å². The van der Waals surface area contributed by atoms with Crippen molar-refractivity contribution in [2.75, 3.05) is 19.8 Å². The molecule has 1 aliphatic rings. The van der Waals surface area contributed by atoms with Crippen molar-refractivity contribution in [3.05, 3.63) is 12.2 Å². The van der Waals surface area contributed by atoms with Gasteiger partial charge in [-0.1, -0.05) is 6.08 Å². The average molecular weight is 184 g/mol. The van der Waals surface area contributed by atoms with E-state index < -0.39 is 0 Å². The Balaban J connectivity index is 2.24. The Labute approximate surface area is 78.7 Å². The van der Waals surface area contributed by atoms with Crippen LogP contribution in [-0.2, 0) is 14.3 Å². The molecule has 1 atom stereocenters. The highest BCUT2D eigenvalue weighted by atomic mass is 16.5. The Kier molecular flexibility index (Phi) is 4.54. The zero-order valence-corrected chi connectivity index (χ0v) is 7.99. The summed E-state index contributed by atoms with van der Waals surface area (Å²) in [6.45, 7) is 3.82. The van der Waals surface area contributed by atoms with Crippen molar-refractivity contribution in [3.63, 3.8) is 0 Å². The Morgan fingerprint density at radius 2 is 2.54 bits per heavy atom. The van der Waals surface area contributed by atoms with Gasteiger partial charge in [0.1, 0.15) is 0 Å². The molecule has 13 heavy (non-hydrogen) atoms. The van der Waals surface area contributed by atoms with Crippen LogP contribution in [0.25, 0.3) is 0 Å². The first-order valence-electron chi connectivity index (χ1n) is 4.75. The Morgan fingerprint density at radius 1 is 1.69 bits per heavy atom. The van der Waals surface area contributed by atoms with E-state index in [1.807, 2.05) is 6.08 Å². The van der Waals surface area contributed by atoms with Crippen molar-refractivity contribution >= 4 is 5.97 Å². The van der Waals surface area contributed by atoms with Gasteiger partial charge in [0.15, 0.2) is 0 Å². The molecule has 0 saturated carbocycles. The van der Waals surface area contributed by atoms with Gasteiger partial charge >= 0.3 is 5.97 Å². The molecule has 0 spiro atoms. The van der Waals surface area contributed by atoms with E-state index in [0.29, 0.717) is 12.5 Å². The lowest BCUT2D eigenvalue weighted by Crippen LogP contribution is -2.15. The SMILES string of the molecule is CCOC(=O)C=C[C@@H]1CCCOC1. The van der Waals surface area contributed by atoms with Gasteiger partial charge in [-0.05, 0) is 19.8 Å². The quantitative estimate of drug-likeness (QED) is 0.493. The number of rotatable bonds is 3. The molecule has 1 fully saturated rings. The number of carbonyl (C=O) groups excluding carboxylic acids is 1. The van der Waals surface area contributed by atoms with Gasteiger partial charge < -0.3 is 9.47 Å². The van der Waals surface area contributed by atoms with Crippen LogP contribution in [0.3, 0.4) is 0 Å². The lowest BCUT2D eigenvalue weighted by atomic mass is 10.0. The van der Waals surface area contributed by atoms with E-state index in [9.17, 15) is 4.79 Å². The topological polar surface area (TPSA) is 35.5 Å². The van der Waals surface area contributed by atoms with Crippen LogP contribution in [0.4, 0.5) is 0 Å². The molecule has 1 aliphatic heterocycles. The third-order valence-corrected chi connectivity index (χ3v) is 1.99. The predicted molar refractivity (Wildman–Crippen MR) is 49.3 cm³/mol. The minimum atomic E-state index is -0.256. The molecule has 0 unspecified atom stereocenters. The van der Waals surface area contributed by atoms with E-state index in [1.165, 1.54) is 6.08 Å². The summed E-state index contributed by atoms with van der Waals surface area (Å²) in [6, 6.07) is 0. The van der Waals surface area contributed by atoms with Crippen molar-refractivity contribution in [2.24, 2.45) is 5.92 Å². The molecular weight excluding hydrogens is 168 g/mol. The maximum atomic E-state index is 10.9. The first-order chi connectivity index (χ1) is 6.33. The first-order valence-corrected chi connectivity index (χ1v) is 4.75. The Morgan fingerprint density at radius 3 is 3.15 bits per heavy atom. The molecule has 0 aromatic heterocycles. The summed E-state index contributed by atoms with van der Waals surface area (Å²) in [5.74, 6) is 0.131. The van der Waals surface area contributed by atoms with E-state index >= 15 is 0 Å². The van der Waals surface area contributed by atoms with Crippen LogP contribution < -0.4 is 0 Å². The molecule has 0 aromatic rings. The predicted octanol–water partition coefficient (Wildman–Crippen LogP) is 1.53. The molecule has 0 amide bonds. The maximum Gasteiger partial charge on any atom is 0.330 e. The van der Waals surface area contributed by atoms with Gasteiger partial charge in [-0.15, -0.1) is 0 Å². The molecule has 0 bridgehead atoms. The first kappa shape index (κ1) is 10.3. The molecule has 3 nitrogen and oxygen atoms in total. The van der Waals surface area contributed by atoms with Crippen LogP contribution in [0, 0.1) is 5.92 Å². The van der Waals surface area contributed by atoms with Crippen molar-refractivity contribution < 1.29 is 14.3 Å². The van der Waals surface area contributed by atoms with Gasteiger partial charge in [0.25, 0.3) is 0 Å². The highest BCUT2D eigenvalue weighted by Crippen LogP contribution is 2.14. The number of esters is 1.